The molecule has 1 atom stereocenters. The molecule has 17 heavy (non-hydrogen) atoms. The monoisotopic (exact) mass is 235 g/mol. The first-order chi connectivity index (χ1) is 8.13. The van der Waals surface area contributed by atoms with E-state index in [4.69, 9.17) is 4.74 Å². The third-order valence-corrected chi connectivity index (χ3v) is 2.70. The summed E-state index contributed by atoms with van der Waals surface area (Å²) in [4.78, 5) is 35.5. The molecule has 1 heterocycles. The normalized spacial score (nSPS) is 23.2. The summed E-state index contributed by atoms with van der Waals surface area (Å²) in [5.41, 5.74) is 0.444. The van der Waals surface area contributed by atoms with Crippen molar-refractivity contribution in [2.75, 3.05) is 0 Å². The van der Waals surface area contributed by atoms with Gasteiger partial charge in [-0.15, -0.1) is 0 Å². The van der Waals surface area contributed by atoms with Crippen LogP contribution in [0.2, 0.25) is 0 Å². The minimum atomic E-state index is -0.617. The summed E-state index contributed by atoms with van der Waals surface area (Å²) in [7, 11) is 0. The smallest absolute Gasteiger partial charge is 0.306 e. The van der Waals surface area contributed by atoms with Crippen molar-refractivity contribution >= 4 is 17.8 Å². The zero-order chi connectivity index (χ0) is 12.4. The van der Waals surface area contributed by atoms with Gasteiger partial charge in [0.15, 0.2) is 6.10 Å². The van der Waals surface area contributed by atoms with Crippen LogP contribution in [-0.4, -0.2) is 28.8 Å². The molecule has 0 aromatic rings. The lowest BCUT2D eigenvalue weighted by atomic mass is 10.3. The number of hydrogen-bond donors (Lipinski definition) is 0. The second-order valence-electron chi connectivity index (χ2n) is 3.86. The Labute approximate surface area is 98.7 Å². The molecule has 2 aliphatic rings. The topological polar surface area (TPSA) is 63.7 Å². The van der Waals surface area contributed by atoms with Gasteiger partial charge in [-0.25, -0.2) is 0 Å². The second kappa shape index (κ2) is 4.53. The van der Waals surface area contributed by atoms with Crippen LogP contribution in [0.4, 0.5) is 0 Å². The van der Waals surface area contributed by atoms with Crippen LogP contribution >= 0.6 is 0 Å². The zero-order valence-corrected chi connectivity index (χ0v) is 9.51. The minimum absolute atomic E-state index is 0.227. The lowest BCUT2D eigenvalue weighted by Crippen LogP contribution is -2.34. The van der Waals surface area contributed by atoms with Crippen molar-refractivity contribution in [3.05, 3.63) is 23.9 Å². The molecule has 0 radical (unpaired) electrons. The number of rotatable bonds is 3. The first-order valence-corrected chi connectivity index (χ1v) is 5.57. The summed E-state index contributed by atoms with van der Waals surface area (Å²) in [6, 6.07) is 0. The van der Waals surface area contributed by atoms with Gasteiger partial charge in [0.05, 0.1) is 5.70 Å². The van der Waals surface area contributed by atoms with Crippen molar-refractivity contribution in [3.8, 4) is 0 Å². The molecule has 0 aromatic carbocycles. The highest BCUT2D eigenvalue weighted by atomic mass is 16.5. The van der Waals surface area contributed by atoms with E-state index in [9.17, 15) is 14.4 Å². The van der Waals surface area contributed by atoms with Crippen molar-refractivity contribution < 1.29 is 19.1 Å². The van der Waals surface area contributed by atoms with E-state index in [-0.39, 0.29) is 37.0 Å². The lowest BCUT2D eigenvalue weighted by Gasteiger charge is -2.21. The van der Waals surface area contributed by atoms with Gasteiger partial charge in [0.2, 0.25) is 11.8 Å². The molecular weight excluding hydrogens is 222 g/mol. The molecule has 2 amide bonds. The predicted molar refractivity (Wildman–Crippen MR) is 58.5 cm³/mol. The van der Waals surface area contributed by atoms with Crippen molar-refractivity contribution in [1.82, 2.24) is 4.90 Å². The van der Waals surface area contributed by atoms with Gasteiger partial charge in [-0.3, -0.25) is 19.3 Å². The molecule has 5 nitrogen and oxygen atoms in total. The molecule has 1 fully saturated rings. The predicted octanol–water partition coefficient (Wildman–Crippen LogP) is 0.911. The highest BCUT2D eigenvalue weighted by Crippen LogP contribution is 2.26. The fraction of sp³-hybridized carbons (Fsp3) is 0.417. The Morgan fingerprint density at radius 1 is 1.41 bits per heavy atom. The SMILES string of the molecule is CCC(=O)OC1C=CC=C1N1C(=O)CCC1=O. The van der Waals surface area contributed by atoms with Crippen LogP contribution in [-0.2, 0) is 19.1 Å². The standard InChI is InChI=1S/C12H13NO4/c1-2-12(16)17-9-5-3-4-8(9)13-10(14)6-7-11(13)15/h3-5,9H,2,6-7H2,1H3. The maximum Gasteiger partial charge on any atom is 0.306 e. The number of imide groups is 1. The first kappa shape index (κ1) is 11.6. The number of carbonyl (C=O) groups excluding carboxylic acids is 3. The Morgan fingerprint density at radius 2 is 2.06 bits per heavy atom. The summed E-state index contributed by atoms with van der Waals surface area (Å²) >= 11 is 0. The van der Waals surface area contributed by atoms with Crippen LogP contribution in [0.1, 0.15) is 26.2 Å². The molecule has 1 aliphatic heterocycles. The lowest BCUT2D eigenvalue weighted by molar-refractivity contribution is -0.148. The number of carbonyl (C=O) groups is 3. The molecule has 2 rings (SSSR count). The van der Waals surface area contributed by atoms with E-state index in [1.165, 1.54) is 0 Å². The van der Waals surface area contributed by atoms with Gasteiger partial charge in [0.25, 0.3) is 0 Å². The largest absolute Gasteiger partial charge is 0.452 e. The number of amides is 2. The fourth-order valence-electron chi connectivity index (χ4n) is 1.84. The Kier molecular flexibility index (Phi) is 3.08. The van der Waals surface area contributed by atoms with Crippen LogP contribution in [0.5, 0.6) is 0 Å². The van der Waals surface area contributed by atoms with E-state index in [0.29, 0.717) is 5.70 Å². The number of esters is 1. The Balaban J connectivity index is 2.13. The van der Waals surface area contributed by atoms with E-state index in [0.717, 1.165) is 4.90 Å². The highest BCUT2D eigenvalue weighted by molar-refractivity contribution is 6.04. The molecule has 1 saturated heterocycles. The van der Waals surface area contributed by atoms with Gasteiger partial charge in [-0.1, -0.05) is 13.0 Å². The van der Waals surface area contributed by atoms with Gasteiger partial charge in [0.1, 0.15) is 0 Å². The molecule has 1 aliphatic carbocycles. The number of likely N-dealkylation sites (tertiary alicyclic amines) is 1. The van der Waals surface area contributed by atoms with Crippen molar-refractivity contribution in [2.24, 2.45) is 0 Å². The van der Waals surface area contributed by atoms with Crippen LogP contribution in [0.3, 0.4) is 0 Å². The summed E-state index contributed by atoms with van der Waals surface area (Å²) in [6.07, 6.45) is 5.07. The molecule has 0 N–H and O–H groups in total. The highest BCUT2D eigenvalue weighted by Gasteiger charge is 2.36. The van der Waals surface area contributed by atoms with E-state index in [2.05, 4.69) is 0 Å². The molecule has 0 saturated carbocycles. The van der Waals surface area contributed by atoms with Crippen LogP contribution in [0, 0.1) is 0 Å². The molecule has 5 heteroatoms. The molecular formula is C12H13NO4. The van der Waals surface area contributed by atoms with Crippen LogP contribution < -0.4 is 0 Å². The first-order valence-electron chi connectivity index (χ1n) is 5.57. The Hall–Kier alpha value is -1.91. The number of ether oxygens (including phenoxy) is 1. The quantitative estimate of drug-likeness (QED) is 0.538. The molecule has 0 aromatic heterocycles. The number of allylic oxidation sites excluding steroid dienone is 2. The molecule has 0 bridgehead atoms. The number of hydrogen-bond acceptors (Lipinski definition) is 4. The average molecular weight is 235 g/mol. The average Bonchev–Trinajstić information content (AvgIpc) is 2.86. The summed E-state index contributed by atoms with van der Waals surface area (Å²) < 4.78 is 5.14. The summed E-state index contributed by atoms with van der Waals surface area (Å²) in [5, 5.41) is 0. The zero-order valence-electron chi connectivity index (χ0n) is 9.51. The van der Waals surface area contributed by atoms with E-state index in [1.54, 1.807) is 25.2 Å². The van der Waals surface area contributed by atoms with Gasteiger partial charge in [0, 0.05) is 19.3 Å². The van der Waals surface area contributed by atoms with E-state index < -0.39 is 6.10 Å². The van der Waals surface area contributed by atoms with Gasteiger partial charge in [-0.05, 0) is 12.2 Å². The second-order valence-corrected chi connectivity index (χ2v) is 3.86. The Bertz CT molecular complexity index is 420. The summed E-state index contributed by atoms with van der Waals surface area (Å²) in [5.74, 6) is -0.823. The maximum atomic E-state index is 11.6. The van der Waals surface area contributed by atoms with E-state index >= 15 is 0 Å². The minimum Gasteiger partial charge on any atom is -0.452 e. The van der Waals surface area contributed by atoms with E-state index in [1.807, 2.05) is 0 Å². The third-order valence-electron chi connectivity index (χ3n) is 2.70. The molecule has 90 valence electrons. The number of nitrogens with zero attached hydrogens (tertiary/aromatic N) is 1. The van der Waals surface area contributed by atoms with Crippen LogP contribution in [0.25, 0.3) is 0 Å². The van der Waals surface area contributed by atoms with Gasteiger partial charge in [-0.2, -0.15) is 0 Å². The molecule has 1 unspecified atom stereocenters. The van der Waals surface area contributed by atoms with Crippen molar-refractivity contribution in [2.45, 2.75) is 32.3 Å². The van der Waals surface area contributed by atoms with Crippen molar-refractivity contribution in [3.63, 3.8) is 0 Å². The fourth-order valence-corrected chi connectivity index (χ4v) is 1.84. The Morgan fingerprint density at radius 3 is 2.65 bits per heavy atom. The third kappa shape index (κ3) is 2.13. The summed E-state index contributed by atoms with van der Waals surface area (Å²) in [6.45, 7) is 1.69. The van der Waals surface area contributed by atoms with Gasteiger partial charge < -0.3 is 4.74 Å². The van der Waals surface area contributed by atoms with Gasteiger partial charge >= 0.3 is 5.97 Å². The molecule has 0 spiro atoms. The van der Waals surface area contributed by atoms with Crippen LogP contribution in [0.15, 0.2) is 23.9 Å². The maximum absolute atomic E-state index is 11.6. The van der Waals surface area contributed by atoms with Crippen molar-refractivity contribution in [1.29, 1.82) is 0 Å².